The molecule has 2 heterocycles. The van der Waals surface area contributed by atoms with Crippen LogP contribution in [0.2, 0.25) is 0 Å². The Morgan fingerprint density at radius 2 is 2.00 bits per heavy atom. The number of pyridine rings is 1. The minimum Gasteiger partial charge on any atom is -0.437 e. The summed E-state index contributed by atoms with van der Waals surface area (Å²) in [6.07, 6.45) is 1.59. The van der Waals surface area contributed by atoms with E-state index in [0.717, 1.165) is 5.52 Å². The lowest BCUT2D eigenvalue weighted by atomic mass is 10.1. The standard InChI is InChI=1S/C18H19BrN4O2/c1-10(2)11(3)23-14-7-8-15(16(19)17(14)21-22-23)25-18-13(12(4)24)6-5-9-20-18/h5-11H,1-4H3/t11-/m1/s1. The summed E-state index contributed by atoms with van der Waals surface area (Å²) in [4.78, 5) is 15.9. The lowest BCUT2D eigenvalue weighted by Gasteiger charge is -2.16. The lowest BCUT2D eigenvalue weighted by molar-refractivity contribution is 0.101. The van der Waals surface area contributed by atoms with Gasteiger partial charge in [0.1, 0.15) is 11.3 Å². The van der Waals surface area contributed by atoms with Crippen LogP contribution in [0, 0.1) is 5.92 Å². The minimum absolute atomic E-state index is 0.1000. The fourth-order valence-electron chi connectivity index (χ4n) is 2.46. The van der Waals surface area contributed by atoms with Gasteiger partial charge in [-0.3, -0.25) is 4.79 Å². The predicted molar refractivity (Wildman–Crippen MR) is 99.1 cm³/mol. The number of benzene rings is 1. The first-order chi connectivity index (χ1) is 11.9. The third-order valence-corrected chi connectivity index (χ3v) is 5.02. The van der Waals surface area contributed by atoms with Crippen LogP contribution >= 0.6 is 15.9 Å². The number of ether oxygens (including phenoxy) is 1. The summed E-state index contributed by atoms with van der Waals surface area (Å²) in [6, 6.07) is 7.38. The molecule has 3 rings (SSSR count). The number of nitrogens with zero attached hydrogens (tertiary/aromatic N) is 4. The van der Waals surface area contributed by atoms with Gasteiger partial charge >= 0.3 is 0 Å². The van der Waals surface area contributed by atoms with Gasteiger partial charge in [-0.25, -0.2) is 9.67 Å². The van der Waals surface area contributed by atoms with Crippen LogP contribution in [0.15, 0.2) is 34.9 Å². The lowest BCUT2D eigenvalue weighted by Crippen LogP contribution is -2.12. The first kappa shape index (κ1) is 17.5. The maximum Gasteiger partial charge on any atom is 0.230 e. The van der Waals surface area contributed by atoms with Gasteiger partial charge in [-0.1, -0.05) is 19.1 Å². The Morgan fingerprint density at radius 3 is 2.68 bits per heavy atom. The van der Waals surface area contributed by atoms with Gasteiger partial charge < -0.3 is 4.74 Å². The highest BCUT2D eigenvalue weighted by atomic mass is 79.9. The summed E-state index contributed by atoms with van der Waals surface area (Å²) >= 11 is 3.55. The molecule has 0 radical (unpaired) electrons. The summed E-state index contributed by atoms with van der Waals surface area (Å²) in [6.45, 7) is 7.90. The third kappa shape index (κ3) is 3.28. The first-order valence-electron chi connectivity index (χ1n) is 8.07. The topological polar surface area (TPSA) is 69.9 Å². The second kappa shape index (κ2) is 6.92. The van der Waals surface area contributed by atoms with Crippen molar-refractivity contribution in [1.29, 1.82) is 0 Å². The number of halogens is 1. The molecule has 130 valence electrons. The van der Waals surface area contributed by atoms with Crippen molar-refractivity contribution in [1.82, 2.24) is 20.0 Å². The molecule has 0 unspecified atom stereocenters. The van der Waals surface area contributed by atoms with Gasteiger partial charge in [-0.05, 0) is 60.0 Å². The molecule has 0 N–H and O–H groups in total. The molecule has 0 aliphatic heterocycles. The summed E-state index contributed by atoms with van der Waals surface area (Å²) in [7, 11) is 0. The number of hydrogen-bond acceptors (Lipinski definition) is 5. The van der Waals surface area contributed by atoms with Crippen molar-refractivity contribution in [2.75, 3.05) is 0 Å². The zero-order valence-electron chi connectivity index (χ0n) is 14.5. The number of ketones is 1. The number of aromatic nitrogens is 4. The van der Waals surface area contributed by atoms with Crippen molar-refractivity contribution in [3.8, 4) is 11.6 Å². The number of hydrogen-bond donors (Lipinski definition) is 0. The average Bonchev–Trinajstić information content (AvgIpc) is 3.01. The molecule has 0 aliphatic rings. The van der Waals surface area contributed by atoms with Gasteiger partial charge in [-0.2, -0.15) is 0 Å². The van der Waals surface area contributed by atoms with E-state index in [1.807, 2.05) is 16.8 Å². The molecule has 0 aliphatic carbocycles. The van der Waals surface area contributed by atoms with Crippen molar-refractivity contribution >= 4 is 32.7 Å². The van der Waals surface area contributed by atoms with E-state index in [-0.39, 0.29) is 17.7 Å². The van der Waals surface area contributed by atoms with E-state index in [1.165, 1.54) is 6.92 Å². The molecule has 2 aromatic heterocycles. The first-order valence-corrected chi connectivity index (χ1v) is 8.86. The van der Waals surface area contributed by atoms with Gasteiger partial charge in [0, 0.05) is 6.20 Å². The van der Waals surface area contributed by atoms with E-state index in [4.69, 9.17) is 4.74 Å². The Labute approximate surface area is 154 Å². The summed E-state index contributed by atoms with van der Waals surface area (Å²) < 4.78 is 8.47. The van der Waals surface area contributed by atoms with Crippen molar-refractivity contribution in [3.63, 3.8) is 0 Å². The second-order valence-electron chi connectivity index (χ2n) is 6.28. The van der Waals surface area contributed by atoms with Crippen molar-refractivity contribution < 1.29 is 9.53 Å². The van der Waals surface area contributed by atoms with Crippen molar-refractivity contribution in [2.24, 2.45) is 5.92 Å². The molecule has 0 spiro atoms. The maximum absolute atomic E-state index is 11.7. The van der Waals surface area contributed by atoms with E-state index < -0.39 is 0 Å². The Bertz CT molecular complexity index is 936. The van der Waals surface area contributed by atoms with Gasteiger partial charge in [-0.15, -0.1) is 5.10 Å². The molecule has 6 nitrogen and oxygen atoms in total. The van der Waals surface area contributed by atoms with Crippen LogP contribution in [0.4, 0.5) is 0 Å². The smallest absolute Gasteiger partial charge is 0.230 e. The normalized spacial score (nSPS) is 12.6. The van der Waals surface area contributed by atoms with Gasteiger partial charge in [0.2, 0.25) is 5.88 Å². The second-order valence-corrected chi connectivity index (χ2v) is 7.07. The molecule has 0 amide bonds. The molecular weight excluding hydrogens is 384 g/mol. The minimum atomic E-state index is -0.1000. The quantitative estimate of drug-likeness (QED) is 0.573. The van der Waals surface area contributed by atoms with Crippen LogP contribution in [0.25, 0.3) is 11.0 Å². The Kier molecular flexibility index (Phi) is 4.85. The number of carbonyl (C=O) groups excluding carboxylic acids is 1. The predicted octanol–water partition coefficient (Wildman–Crippen LogP) is 4.80. The Balaban J connectivity index is 2.03. The SMILES string of the molecule is CC(=O)c1cccnc1Oc1ccc2c(nnn2[C@H](C)C(C)C)c1Br. The Morgan fingerprint density at radius 1 is 1.24 bits per heavy atom. The number of rotatable bonds is 5. The molecule has 3 aromatic rings. The van der Waals surface area contributed by atoms with Gasteiger partial charge in [0.25, 0.3) is 0 Å². The largest absolute Gasteiger partial charge is 0.437 e. The molecule has 1 atom stereocenters. The van der Waals surface area contributed by atoms with Crippen molar-refractivity contribution in [2.45, 2.75) is 33.7 Å². The number of fused-ring (bicyclic) bond motifs is 1. The summed E-state index contributed by atoms with van der Waals surface area (Å²) in [5.41, 5.74) is 2.07. The molecule has 0 bridgehead atoms. The van der Waals surface area contributed by atoms with Crippen LogP contribution in [-0.4, -0.2) is 25.8 Å². The van der Waals surface area contributed by atoms with Gasteiger partial charge in [0.05, 0.1) is 21.6 Å². The zero-order chi connectivity index (χ0) is 18.1. The van der Waals surface area contributed by atoms with E-state index in [1.54, 1.807) is 18.3 Å². The highest BCUT2D eigenvalue weighted by molar-refractivity contribution is 9.10. The van der Waals surface area contributed by atoms with E-state index in [2.05, 4.69) is 52.0 Å². The van der Waals surface area contributed by atoms with Crippen LogP contribution in [0.3, 0.4) is 0 Å². The van der Waals surface area contributed by atoms with E-state index in [9.17, 15) is 4.79 Å². The number of carbonyl (C=O) groups is 1. The van der Waals surface area contributed by atoms with Crippen LogP contribution < -0.4 is 4.74 Å². The fourth-order valence-corrected chi connectivity index (χ4v) is 2.96. The monoisotopic (exact) mass is 402 g/mol. The van der Waals surface area contributed by atoms with Crippen molar-refractivity contribution in [3.05, 3.63) is 40.5 Å². The van der Waals surface area contributed by atoms with Crippen LogP contribution in [0.1, 0.15) is 44.1 Å². The number of Topliss-reactive ketones (excluding diaryl/α,β-unsaturated/α-hetero) is 1. The Hall–Kier alpha value is -2.28. The van der Waals surface area contributed by atoms with Crippen LogP contribution in [0.5, 0.6) is 11.6 Å². The summed E-state index contributed by atoms with van der Waals surface area (Å²) in [5, 5.41) is 8.56. The summed E-state index contributed by atoms with van der Waals surface area (Å²) in [5.74, 6) is 1.15. The molecule has 0 fully saturated rings. The fraction of sp³-hybridized carbons (Fsp3) is 0.333. The van der Waals surface area contributed by atoms with Gasteiger partial charge in [0.15, 0.2) is 5.78 Å². The third-order valence-electron chi connectivity index (χ3n) is 4.25. The highest BCUT2D eigenvalue weighted by Gasteiger charge is 2.19. The molecule has 7 heteroatoms. The molecule has 0 saturated carbocycles. The molecule has 25 heavy (non-hydrogen) atoms. The van der Waals surface area contributed by atoms with Crippen LogP contribution in [-0.2, 0) is 0 Å². The van der Waals surface area contributed by atoms with E-state index in [0.29, 0.717) is 27.2 Å². The molecular formula is C18H19BrN4O2. The highest BCUT2D eigenvalue weighted by Crippen LogP contribution is 2.36. The molecule has 0 saturated heterocycles. The molecule has 1 aromatic carbocycles. The maximum atomic E-state index is 11.7. The van der Waals surface area contributed by atoms with E-state index >= 15 is 0 Å². The zero-order valence-corrected chi connectivity index (χ0v) is 16.1. The average molecular weight is 403 g/mol.